The van der Waals surface area contributed by atoms with E-state index in [0.29, 0.717) is 19.5 Å². The lowest BCUT2D eigenvalue weighted by atomic mass is 10.1. The molecule has 0 N–H and O–H groups in total. The van der Waals surface area contributed by atoms with Crippen molar-refractivity contribution in [2.24, 2.45) is 0 Å². The molecule has 2 rings (SSSR count). The molecule has 1 aliphatic rings. The van der Waals surface area contributed by atoms with Crippen LogP contribution in [0.2, 0.25) is 0 Å². The third-order valence-corrected chi connectivity index (χ3v) is 6.09. The molecule has 1 saturated heterocycles. The van der Waals surface area contributed by atoms with Gasteiger partial charge in [-0.2, -0.15) is 4.31 Å². The molecule has 4 nitrogen and oxygen atoms in total. The quantitative estimate of drug-likeness (QED) is 0.770. The second-order valence-electron chi connectivity index (χ2n) is 5.79. The molecular weight excluding hydrogens is 303 g/mol. The molecule has 0 spiro atoms. The van der Waals surface area contributed by atoms with E-state index in [-0.39, 0.29) is 11.6 Å². The van der Waals surface area contributed by atoms with Gasteiger partial charge in [0.2, 0.25) is 10.0 Å². The molecule has 0 radical (unpaired) electrons. The first-order valence-electron chi connectivity index (χ1n) is 7.96. The van der Waals surface area contributed by atoms with Crippen molar-refractivity contribution in [2.75, 3.05) is 38.5 Å². The molecule has 124 valence electrons. The van der Waals surface area contributed by atoms with Crippen molar-refractivity contribution in [1.82, 2.24) is 9.21 Å². The van der Waals surface area contributed by atoms with E-state index >= 15 is 0 Å². The van der Waals surface area contributed by atoms with Crippen molar-refractivity contribution < 1.29 is 12.8 Å². The number of benzene rings is 1. The van der Waals surface area contributed by atoms with E-state index in [4.69, 9.17) is 0 Å². The summed E-state index contributed by atoms with van der Waals surface area (Å²) in [6, 6.07) is 6.72. The highest BCUT2D eigenvalue weighted by Gasteiger charge is 2.25. The predicted octanol–water partition coefficient (Wildman–Crippen LogP) is 2.12. The van der Waals surface area contributed by atoms with E-state index in [1.807, 2.05) is 13.0 Å². The van der Waals surface area contributed by atoms with Crippen molar-refractivity contribution in [3.8, 4) is 0 Å². The summed E-state index contributed by atoms with van der Waals surface area (Å²) in [4.78, 5) is 2.29. The van der Waals surface area contributed by atoms with Crippen LogP contribution in [0.5, 0.6) is 0 Å². The van der Waals surface area contributed by atoms with E-state index in [9.17, 15) is 12.8 Å². The van der Waals surface area contributed by atoms with E-state index in [0.717, 1.165) is 38.0 Å². The highest BCUT2D eigenvalue weighted by Crippen LogP contribution is 2.11. The van der Waals surface area contributed by atoms with Gasteiger partial charge in [-0.3, -0.25) is 0 Å². The molecule has 0 unspecified atom stereocenters. The number of hydrogen-bond acceptors (Lipinski definition) is 3. The summed E-state index contributed by atoms with van der Waals surface area (Å²) in [5.41, 5.74) is 1.02. The van der Waals surface area contributed by atoms with Crippen molar-refractivity contribution in [3.63, 3.8) is 0 Å². The maximum atomic E-state index is 13.1. The zero-order chi connectivity index (χ0) is 16.0. The Morgan fingerprint density at radius 2 is 1.91 bits per heavy atom. The van der Waals surface area contributed by atoms with Gasteiger partial charge in [-0.05, 0) is 43.5 Å². The van der Waals surface area contributed by atoms with Crippen molar-refractivity contribution >= 4 is 10.0 Å². The summed E-state index contributed by atoms with van der Waals surface area (Å²) in [5.74, 6) is 0.0549. The molecule has 1 aromatic rings. The van der Waals surface area contributed by atoms with Crippen molar-refractivity contribution in [2.45, 2.75) is 26.2 Å². The molecule has 1 aromatic carbocycles. The number of hydrogen-bond donors (Lipinski definition) is 0. The average Bonchev–Trinajstić information content (AvgIpc) is 2.48. The minimum absolute atomic E-state index is 0.188. The lowest BCUT2D eigenvalue weighted by Crippen LogP contribution is -2.49. The highest BCUT2D eigenvalue weighted by atomic mass is 32.2. The van der Waals surface area contributed by atoms with Gasteiger partial charge in [-0.25, -0.2) is 12.8 Å². The third kappa shape index (κ3) is 5.04. The second kappa shape index (κ2) is 8.04. The largest absolute Gasteiger partial charge is 0.301 e. The molecule has 1 heterocycles. The molecule has 1 fully saturated rings. The number of nitrogens with zero attached hydrogens (tertiary/aromatic N) is 2. The van der Waals surface area contributed by atoms with Gasteiger partial charge in [-0.15, -0.1) is 0 Å². The predicted molar refractivity (Wildman–Crippen MR) is 86.8 cm³/mol. The summed E-state index contributed by atoms with van der Waals surface area (Å²) in [5, 5.41) is 0. The summed E-state index contributed by atoms with van der Waals surface area (Å²) < 4.78 is 38.7. The van der Waals surface area contributed by atoms with Gasteiger partial charge in [0.05, 0.1) is 5.75 Å². The van der Waals surface area contributed by atoms with Crippen LogP contribution >= 0.6 is 0 Å². The first-order valence-corrected chi connectivity index (χ1v) is 9.57. The Hall–Kier alpha value is -0.980. The normalized spacial score (nSPS) is 17.7. The fourth-order valence-electron chi connectivity index (χ4n) is 2.82. The fraction of sp³-hybridized carbons (Fsp3) is 0.625. The standard InChI is InChI=1S/C16H25FN2O2S/c1-2-13-22(20,21)19-11-9-18(10-12-19)8-4-6-15-5-3-7-16(17)14-15/h3,5,7,14H,2,4,6,8-13H2,1H3. The summed E-state index contributed by atoms with van der Waals surface area (Å²) in [7, 11) is -3.06. The SMILES string of the molecule is CCCS(=O)(=O)N1CCN(CCCc2cccc(F)c2)CC1. The number of piperazine rings is 1. The van der Waals surface area contributed by atoms with Crippen LogP contribution in [0.25, 0.3) is 0 Å². The van der Waals surface area contributed by atoms with Crippen LogP contribution in [-0.4, -0.2) is 56.1 Å². The van der Waals surface area contributed by atoms with Gasteiger partial charge in [0.15, 0.2) is 0 Å². The molecule has 0 saturated carbocycles. The van der Waals surface area contributed by atoms with E-state index in [1.54, 1.807) is 16.4 Å². The first-order chi connectivity index (χ1) is 10.5. The van der Waals surface area contributed by atoms with Crippen molar-refractivity contribution in [1.29, 1.82) is 0 Å². The molecule has 0 bridgehead atoms. The fourth-order valence-corrected chi connectivity index (χ4v) is 4.31. The summed E-state index contributed by atoms with van der Waals surface area (Å²) in [6.07, 6.45) is 2.48. The van der Waals surface area contributed by atoms with E-state index < -0.39 is 10.0 Å². The molecule has 0 amide bonds. The van der Waals surface area contributed by atoms with Crippen LogP contribution in [0.3, 0.4) is 0 Å². The Kier molecular flexibility index (Phi) is 6.35. The molecule has 6 heteroatoms. The highest BCUT2D eigenvalue weighted by molar-refractivity contribution is 7.89. The van der Waals surface area contributed by atoms with Crippen LogP contribution < -0.4 is 0 Å². The molecule has 0 atom stereocenters. The Bertz CT molecular complexity index is 569. The number of halogens is 1. The molecule has 0 aliphatic carbocycles. The van der Waals surface area contributed by atoms with E-state index in [1.165, 1.54) is 6.07 Å². The van der Waals surface area contributed by atoms with Gasteiger partial charge >= 0.3 is 0 Å². The minimum atomic E-state index is -3.06. The Labute approximate surface area is 133 Å². The van der Waals surface area contributed by atoms with Gasteiger partial charge in [0.25, 0.3) is 0 Å². The third-order valence-electron chi connectivity index (χ3n) is 4.02. The summed E-state index contributed by atoms with van der Waals surface area (Å²) in [6.45, 7) is 5.56. The lowest BCUT2D eigenvalue weighted by molar-refractivity contribution is 0.187. The van der Waals surface area contributed by atoms with Gasteiger partial charge in [-0.1, -0.05) is 19.1 Å². The van der Waals surface area contributed by atoms with Crippen LogP contribution in [0, 0.1) is 5.82 Å². The second-order valence-corrected chi connectivity index (χ2v) is 7.88. The van der Waals surface area contributed by atoms with Gasteiger partial charge in [0.1, 0.15) is 5.82 Å². The van der Waals surface area contributed by atoms with Crippen LogP contribution in [-0.2, 0) is 16.4 Å². The lowest BCUT2D eigenvalue weighted by Gasteiger charge is -2.33. The minimum Gasteiger partial charge on any atom is -0.301 e. The number of rotatable bonds is 7. The van der Waals surface area contributed by atoms with Gasteiger partial charge < -0.3 is 4.90 Å². The smallest absolute Gasteiger partial charge is 0.214 e. The Morgan fingerprint density at radius 1 is 1.18 bits per heavy atom. The molecular formula is C16H25FN2O2S. The zero-order valence-electron chi connectivity index (χ0n) is 13.2. The van der Waals surface area contributed by atoms with Crippen LogP contribution in [0.15, 0.2) is 24.3 Å². The molecule has 22 heavy (non-hydrogen) atoms. The molecule has 1 aliphatic heterocycles. The maximum absolute atomic E-state index is 13.1. The Morgan fingerprint density at radius 3 is 2.55 bits per heavy atom. The van der Waals surface area contributed by atoms with Crippen molar-refractivity contribution in [3.05, 3.63) is 35.6 Å². The average molecular weight is 328 g/mol. The first kappa shape index (κ1) is 17.4. The van der Waals surface area contributed by atoms with E-state index in [2.05, 4.69) is 4.90 Å². The van der Waals surface area contributed by atoms with Crippen LogP contribution in [0.1, 0.15) is 25.3 Å². The zero-order valence-corrected chi connectivity index (χ0v) is 14.0. The summed E-state index contributed by atoms with van der Waals surface area (Å²) >= 11 is 0. The maximum Gasteiger partial charge on any atom is 0.214 e. The van der Waals surface area contributed by atoms with Gasteiger partial charge in [0, 0.05) is 26.2 Å². The number of aryl methyl sites for hydroxylation is 1. The number of sulfonamides is 1. The topological polar surface area (TPSA) is 40.6 Å². The Balaban J connectivity index is 1.72. The monoisotopic (exact) mass is 328 g/mol. The van der Waals surface area contributed by atoms with Crippen LogP contribution in [0.4, 0.5) is 4.39 Å². The molecule has 0 aromatic heterocycles.